The van der Waals surface area contributed by atoms with Crippen LogP contribution in [0.25, 0.3) is 0 Å². The molecule has 1 amide bonds. The Morgan fingerprint density at radius 3 is 2.76 bits per heavy atom. The fourth-order valence-electron chi connectivity index (χ4n) is 1.97. The maximum atomic E-state index is 12.6. The number of amides is 1. The molecular formula is C16H16F3N3O3. The molecule has 2 aromatic rings. The molecule has 2 rings (SSSR count). The molecule has 0 atom stereocenters. The summed E-state index contributed by atoms with van der Waals surface area (Å²) in [6.07, 6.45) is -2.50. The molecule has 0 unspecified atom stereocenters. The number of rotatable bonds is 7. The molecule has 1 aromatic carbocycles. The van der Waals surface area contributed by atoms with E-state index >= 15 is 0 Å². The lowest BCUT2D eigenvalue weighted by Crippen LogP contribution is -2.31. The summed E-state index contributed by atoms with van der Waals surface area (Å²) in [6, 6.07) is 7.23. The summed E-state index contributed by atoms with van der Waals surface area (Å²) in [5.41, 5.74) is -1.08. The maximum Gasteiger partial charge on any atom is 0.416 e. The number of hydrogen-bond donors (Lipinski definition) is 1. The van der Waals surface area contributed by atoms with E-state index in [-0.39, 0.29) is 17.9 Å². The first-order valence-corrected chi connectivity index (χ1v) is 7.45. The van der Waals surface area contributed by atoms with Crippen molar-refractivity contribution in [3.63, 3.8) is 0 Å². The zero-order chi connectivity index (χ0) is 18.3. The van der Waals surface area contributed by atoms with Gasteiger partial charge in [-0.1, -0.05) is 6.07 Å². The fourth-order valence-corrected chi connectivity index (χ4v) is 1.97. The zero-order valence-corrected chi connectivity index (χ0v) is 13.1. The predicted octanol–water partition coefficient (Wildman–Crippen LogP) is 1.85. The topological polar surface area (TPSA) is 73.2 Å². The Bertz CT molecular complexity index is 775. The van der Waals surface area contributed by atoms with Crippen LogP contribution in [0.2, 0.25) is 0 Å². The van der Waals surface area contributed by atoms with Gasteiger partial charge in [0.1, 0.15) is 5.75 Å². The monoisotopic (exact) mass is 355 g/mol. The Hall–Kier alpha value is -2.84. The molecule has 6 nitrogen and oxygen atoms in total. The minimum absolute atomic E-state index is 0.0370. The molecule has 0 aliphatic carbocycles. The number of nitrogens with one attached hydrogen (secondary N) is 1. The second-order valence-corrected chi connectivity index (χ2v) is 5.10. The average molecular weight is 355 g/mol. The molecule has 1 N–H and O–H groups in total. The van der Waals surface area contributed by atoms with Crippen LogP contribution >= 0.6 is 0 Å². The highest BCUT2D eigenvalue weighted by Crippen LogP contribution is 2.31. The van der Waals surface area contributed by atoms with Gasteiger partial charge in [0.2, 0.25) is 0 Å². The van der Waals surface area contributed by atoms with Gasteiger partial charge in [-0.15, -0.1) is 0 Å². The van der Waals surface area contributed by atoms with Gasteiger partial charge in [-0.25, -0.2) is 4.68 Å². The lowest BCUT2D eigenvalue weighted by Gasteiger charge is -2.10. The first kappa shape index (κ1) is 18.5. The van der Waals surface area contributed by atoms with E-state index in [9.17, 15) is 22.8 Å². The van der Waals surface area contributed by atoms with Gasteiger partial charge in [0.05, 0.1) is 5.56 Å². The van der Waals surface area contributed by atoms with Crippen LogP contribution in [0.5, 0.6) is 5.75 Å². The van der Waals surface area contributed by atoms with Gasteiger partial charge in [0.25, 0.3) is 11.5 Å². The lowest BCUT2D eigenvalue weighted by molar-refractivity contribution is -0.137. The van der Waals surface area contributed by atoms with Crippen LogP contribution in [0.1, 0.15) is 12.0 Å². The number of aromatic nitrogens is 2. The van der Waals surface area contributed by atoms with Gasteiger partial charge in [-0.2, -0.15) is 18.3 Å². The number of carbonyl (C=O) groups excluding carboxylic acids is 1. The number of halogens is 3. The Morgan fingerprint density at radius 2 is 2.04 bits per heavy atom. The van der Waals surface area contributed by atoms with E-state index < -0.39 is 24.3 Å². The Morgan fingerprint density at radius 1 is 1.24 bits per heavy atom. The molecule has 0 aliphatic heterocycles. The first-order valence-electron chi connectivity index (χ1n) is 7.45. The van der Waals surface area contributed by atoms with Crippen LogP contribution in [-0.4, -0.2) is 28.8 Å². The van der Waals surface area contributed by atoms with Crippen molar-refractivity contribution in [3.8, 4) is 5.75 Å². The van der Waals surface area contributed by atoms with E-state index in [0.29, 0.717) is 13.0 Å². The molecule has 134 valence electrons. The SMILES string of the molecule is O=C(COc1cccc(C(F)(F)F)c1)NCCCn1ncccc1=O. The van der Waals surface area contributed by atoms with E-state index in [1.807, 2.05) is 0 Å². The third-order valence-corrected chi connectivity index (χ3v) is 3.19. The molecule has 0 aliphatic rings. The highest BCUT2D eigenvalue weighted by atomic mass is 19.4. The summed E-state index contributed by atoms with van der Waals surface area (Å²) in [4.78, 5) is 23.1. The molecule has 25 heavy (non-hydrogen) atoms. The molecule has 0 fully saturated rings. The Labute approximate surface area is 141 Å². The summed E-state index contributed by atoms with van der Waals surface area (Å²) in [5.74, 6) is -0.504. The number of hydrogen-bond acceptors (Lipinski definition) is 4. The third-order valence-electron chi connectivity index (χ3n) is 3.19. The predicted molar refractivity (Wildman–Crippen MR) is 83.1 cm³/mol. The van der Waals surface area contributed by atoms with Crippen molar-refractivity contribution in [1.29, 1.82) is 0 Å². The van der Waals surface area contributed by atoms with Crippen molar-refractivity contribution in [2.24, 2.45) is 0 Å². The standard InChI is InChI=1S/C16H16F3N3O3/c17-16(18,19)12-4-1-5-13(10-12)25-11-14(23)20-7-3-9-22-15(24)6-2-8-21-22/h1-2,4-6,8,10H,3,7,9,11H2,(H,20,23). The van der Waals surface area contributed by atoms with Gasteiger partial charge in [0, 0.05) is 25.4 Å². The molecular weight excluding hydrogens is 339 g/mol. The highest BCUT2D eigenvalue weighted by Gasteiger charge is 2.30. The molecule has 1 aromatic heterocycles. The van der Waals surface area contributed by atoms with Crippen LogP contribution in [-0.2, 0) is 17.5 Å². The van der Waals surface area contributed by atoms with Crippen molar-refractivity contribution in [3.05, 3.63) is 58.5 Å². The van der Waals surface area contributed by atoms with E-state index in [2.05, 4.69) is 10.4 Å². The molecule has 0 saturated carbocycles. The Balaban J connectivity index is 1.72. The molecule has 1 heterocycles. The molecule has 0 bridgehead atoms. The van der Waals surface area contributed by atoms with Crippen molar-refractivity contribution in [1.82, 2.24) is 15.1 Å². The van der Waals surface area contributed by atoms with E-state index in [1.54, 1.807) is 0 Å². The second-order valence-electron chi connectivity index (χ2n) is 5.10. The normalized spacial score (nSPS) is 11.2. The lowest BCUT2D eigenvalue weighted by atomic mass is 10.2. The summed E-state index contributed by atoms with van der Waals surface area (Å²) in [6.45, 7) is 0.229. The van der Waals surface area contributed by atoms with E-state index in [1.165, 1.54) is 35.1 Å². The van der Waals surface area contributed by atoms with Crippen LogP contribution in [0, 0.1) is 0 Å². The second kappa shape index (κ2) is 8.32. The number of benzene rings is 1. The number of nitrogens with zero attached hydrogens (tertiary/aromatic N) is 2. The van der Waals surface area contributed by atoms with Crippen molar-refractivity contribution in [2.45, 2.75) is 19.1 Å². The van der Waals surface area contributed by atoms with Gasteiger partial charge < -0.3 is 10.1 Å². The number of ether oxygens (including phenoxy) is 1. The number of aryl methyl sites for hydroxylation is 1. The van der Waals surface area contributed by atoms with E-state index in [4.69, 9.17) is 4.74 Å². The zero-order valence-electron chi connectivity index (χ0n) is 13.1. The van der Waals surface area contributed by atoms with E-state index in [0.717, 1.165) is 12.1 Å². The smallest absolute Gasteiger partial charge is 0.416 e. The van der Waals surface area contributed by atoms with Gasteiger partial charge in [-0.05, 0) is 30.7 Å². The maximum absolute atomic E-state index is 12.6. The minimum Gasteiger partial charge on any atom is -0.484 e. The molecule has 0 saturated heterocycles. The van der Waals surface area contributed by atoms with Crippen LogP contribution < -0.4 is 15.6 Å². The quantitative estimate of drug-likeness (QED) is 0.770. The van der Waals surface area contributed by atoms with Crippen LogP contribution in [0.4, 0.5) is 13.2 Å². The average Bonchev–Trinajstić information content (AvgIpc) is 2.58. The molecule has 0 radical (unpaired) electrons. The minimum atomic E-state index is -4.47. The Kier molecular flexibility index (Phi) is 6.15. The summed E-state index contributed by atoms with van der Waals surface area (Å²) in [7, 11) is 0. The summed E-state index contributed by atoms with van der Waals surface area (Å²) >= 11 is 0. The van der Waals surface area contributed by atoms with Crippen LogP contribution in [0.3, 0.4) is 0 Å². The summed E-state index contributed by atoms with van der Waals surface area (Å²) in [5, 5.41) is 6.43. The van der Waals surface area contributed by atoms with Gasteiger partial charge in [-0.3, -0.25) is 9.59 Å². The number of carbonyl (C=O) groups is 1. The van der Waals surface area contributed by atoms with Crippen molar-refractivity contribution >= 4 is 5.91 Å². The van der Waals surface area contributed by atoms with Crippen LogP contribution in [0.15, 0.2) is 47.4 Å². The third kappa shape index (κ3) is 5.94. The van der Waals surface area contributed by atoms with Gasteiger partial charge in [0.15, 0.2) is 6.61 Å². The van der Waals surface area contributed by atoms with Crippen molar-refractivity contribution in [2.75, 3.05) is 13.2 Å². The first-order chi connectivity index (χ1) is 11.9. The van der Waals surface area contributed by atoms with Gasteiger partial charge >= 0.3 is 6.18 Å². The highest BCUT2D eigenvalue weighted by molar-refractivity contribution is 5.77. The largest absolute Gasteiger partial charge is 0.484 e. The number of alkyl halides is 3. The molecule has 0 spiro atoms. The van der Waals surface area contributed by atoms with Crippen molar-refractivity contribution < 1.29 is 22.7 Å². The fraction of sp³-hybridized carbons (Fsp3) is 0.312. The summed E-state index contributed by atoms with van der Waals surface area (Å²) < 4.78 is 44.1. The molecule has 9 heteroatoms.